The lowest BCUT2D eigenvalue weighted by atomic mass is 10.2. The van der Waals surface area contributed by atoms with Crippen molar-refractivity contribution in [2.24, 2.45) is 11.5 Å². The van der Waals surface area contributed by atoms with E-state index >= 15 is 0 Å². The van der Waals surface area contributed by atoms with Crippen molar-refractivity contribution >= 4 is 29.0 Å². The fourth-order valence-electron chi connectivity index (χ4n) is 1.90. The predicted molar refractivity (Wildman–Crippen MR) is 90.4 cm³/mol. The van der Waals surface area contributed by atoms with Crippen LogP contribution < -0.4 is 22.1 Å². The van der Waals surface area contributed by atoms with Crippen molar-refractivity contribution < 1.29 is 14.7 Å². The molecule has 0 bridgehead atoms. The van der Waals surface area contributed by atoms with Gasteiger partial charge in [-0.25, -0.2) is 4.79 Å². The Balaban J connectivity index is 2.27. The highest BCUT2D eigenvalue weighted by molar-refractivity contribution is 7.18. The summed E-state index contributed by atoms with van der Waals surface area (Å²) < 4.78 is 0. The predicted octanol–water partition coefficient (Wildman–Crippen LogP) is 0.955. The average Bonchev–Trinajstić information content (AvgIpc) is 2.96. The maximum absolute atomic E-state index is 12.3. The Morgan fingerprint density at radius 2 is 1.96 bits per heavy atom. The maximum Gasteiger partial charge on any atom is 0.316 e. The number of benzene rings is 1. The Kier molecular flexibility index (Phi) is 5.69. The van der Waals surface area contributed by atoms with Gasteiger partial charge < -0.3 is 27.2 Å². The van der Waals surface area contributed by atoms with E-state index in [-0.39, 0.29) is 19.1 Å². The van der Waals surface area contributed by atoms with Gasteiger partial charge in [-0.15, -0.1) is 11.3 Å². The molecule has 1 aromatic heterocycles. The van der Waals surface area contributed by atoms with Crippen molar-refractivity contribution in [1.29, 1.82) is 0 Å². The lowest BCUT2D eigenvalue weighted by molar-refractivity contribution is 0.0952. The molecular weight excluding hydrogens is 316 g/mol. The zero-order valence-corrected chi connectivity index (χ0v) is 13.1. The Labute approximate surface area is 137 Å². The second-order valence-corrected chi connectivity index (χ2v) is 5.91. The average molecular weight is 334 g/mol. The molecule has 1 aromatic carbocycles. The topological polar surface area (TPSA) is 130 Å². The third-order valence-corrected chi connectivity index (χ3v) is 4.20. The van der Waals surface area contributed by atoms with E-state index < -0.39 is 12.1 Å². The summed E-state index contributed by atoms with van der Waals surface area (Å²) in [5.41, 5.74) is 12.0. The van der Waals surface area contributed by atoms with E-state index in [0.29, 0.717) is 10.6 Å². The van der Waals surface area contributed by atoms with Gasteiger partial charge in [0, 0.05) is 17.5 Å². The number of thiophene rings is 1. The van der Waals surface area contributed by atoms with E-state index in [1.54, 1.807) is 6.07 Å². The first kappa shape index (κ1) is 16.9. The maximum atomic E-state index is 12.3. The summed E-state index contributed by atoms with van der Waals surface area (Å²) in [6, 6.07) is 9.89. The van der Waals surface area contributed by atoms with E-state index in [2.05, 4.69) is 10.6 Å². The highest BCUT2D eigenvalue weighted by Gasteiger charge is 2.18. The molecule has 8 heteroatoms. The lowest BCUT2D eigenvalue weighted by Gasteiger charge is -2.09. The van der Waals surface area contributed by atoms with Crippen LogP contribution in [-0.4, -0.2) is 36.2 Å². The number of anilines is 1. The smallest absolute Gasteiger partial charge is 0.316 e. The van der Waals surface area contributed by atoms with Crippen LogP contribution in [0.3, 0.4) is 0 Å². The molecule has 2 aromatic rings. The monoisotopic (exact) mass is 334 g/mol. The van der Waals surface area contributed by atoms with Crippen molar-refractivity contribution in [2.75, 3.05) is 18.5 Å². The van der Waals surface area contributed by atoms with Crippen LogP contribution in [0.2, 0.25) is 0 Å². The summed E-state index contributed by atoms with van der Waals surface area (Å²) in [5.74, 6) is -0.384. The molecule has 2 rings (SSSR count). The number of primary amides is 1. The van der Waals surface area contributed by atoms with Gasteiger partial charge in [0.1, 0.15) is 4.88 Å². The summed E-state index contributed by atoms with van der Waals surface area (Å²) in [6.07, 6.45) is 0. The Morgan fingerprint density at radius 1 is 1.26 bits per heavy atom. The fraction of sp³-hybridized carbons (Fsp3) is 0.200. The molecule has 0 unspecified atom stereocenters. The van der Waals surface area contributed by atoms with Crippen molar-refractivity contribution in [3.8, 4) is 10.4 Å². The number of rotatable bonds is 6. The molecule has 122 valence electrons. The normalized spacial score (nSPS) is 11.7. The van der Waals surface area contributed by atoms with Crippen LogP contribution in [0, 0.1) is 0 Å². The Bertz CT molecular complexity index is 687. The number of carbonyl (C=O) groups excluding carboxylic acids is 2. The van der Waals surface area contributed by atoms with E-state index in [0.717, 1.165) is 10.4 Å². The number of urea groups is 1. The Morgan fingerprint density at radius 3 is 2.57 bits per heavy atom. The second-order valence-electron chi connectivity index (χ2n) is 4.86. The molecule has 0 aliphatic rings. The number of aliphatic hydroxyl groups excluding tert-OH is 1. The first-order valence-electron chi connectivity index (χ1n) is 6.91. The minimum Gasteiger partial charge on any atom is -0.395 e. The molecule has 1 atom stereocenters. The van der Waals surface area contributed by atoms with Crippen molar-refractivity contribution in [2.45, 2.75) is 6.04 Å². The molecule has 0 saturated carbocycles. The van der Waals surface area contributed by atoms with Crippen LogP contribution in [-0.2, 0) is 0 Å². The zero-order valence-electron chi connectivity index (χ0n) is 12.3. The summed E-state index contributed by atoms with van der Waals surface area (Å²) >= 11 is 1.24. The second kappa shape index (κ2) is 7.73. The van der Waals surface area contributed by atoms with E-state index in [1.165, 1.54) is 11.3 Å². The quantitative estimate of drug-likeness (QED) is 0.538. The molecule has 0 fully saturated rings. The van der Waals surface area contributed by atoms with Gasteiger partial charge in [-0.1, -0.05) is 30.3 Å². The number of hydrogen-bond donors (Lipinski definition) is 5. The van der Waals surface area contributed by atoms with Gasteiger partial charge in [-0.05, 0) is 11.6 Å². The molecular formula is C15H18N4O3S. The first-order valence-corrected chi connectivity index (χ1v) is 7.73. The van der Waals surface area contributed by atoms with E-state index in [1.807, 2.05) is 30.3 Å². The SMILES string of the molecule is NC(=O)Nc1cc(-c2ccccc2)sc1C(=O)NC[C@H](N)CO. The fourth-order valence-corrected chi connectivity index (χ4v) is 2.93. The summed E-state index contributed by atoms with van der Waals surface area (Å²) in [7, 11) is 0. The number of aliphatic hydroxyl groups is 1. The van der Waals surface area contributed by atoms with Crippen molar-refractivity contribution in [3.63, 3.8) is 0 Å². The standard InChI is InChI=1S/C15H18N4O3S/c16-10(8-20)7-18-14(21)13-11(19-15(17)22)6-12(23-13)9-4-2-1-3-5-9/h1-6,10,20H,7-8,16H2,(H,18,21)(H3,17,19,22)/t10-/m0/s1. The molecule has 7 nitrogen and oxygen atoms in total. The van der Waals surface area contributed by atoms with Crippen molar-refractivity contribution in [1.82, 2.24) is 5.32 Å². The van der Waals surface area contributed by atoms with Crippen LogP contribution in [0.1, 0.15) is 9.67 Å². The molecule has 0 aliphatic heterocycles. The molecule has 0 radical (unpaired) electrons. The van der Waals surface area contributed by atoms with Gasteiger partial charge in [0.05, 0.1) is 12.3 Å². The van der Waals surface area contributed by atoms with Crippen LogP contribution in [0.25, 0.3) is 10.4 Å². The van der Waals surface area contributed by atoms with Crippen LogP contribution in [0.4, 0.5) is 10.5 Å². The minimum atomic E-state index is -0.747. The number of amides is 3. The third-order valence-electron chi connectivity index (χ3n) is 3.01. The van der Waals surface area contributed by atoms with Gasteiger partial charge in [0.2, 0.25) is 0 Å². The largest absolute Gasteiger partial charge is 0.395 e. The Hall–Kier alpha value is -2.42. The highest BCUT2D eigenvalue weighted by Crippen LogP contribution is 2.34. The van der Waals surface area contributed by atoms with Gasteiger partial charge >= 0.3 is 6.03 Å². The van der Waals surface area contributed by atoms with Gasteiger partial charge in [0.15, 0.2) is 0 Å². The molecule has 23 heavy (non-hydrogen) atoms. The minimum absolute atomic E-state index is 0.129. The van der Waals surface area contributed by atoms with E-state index in [4.69, 9.17) is 16.6 Å². The lowest BCUT2D eigenvalue weighted by Crippen LogP contribution is -2.39. The highest BCUT2D eigenvalue weighted by atomic mass is 32.1. The van der Waals surface area contributed by atoms with Gasteiger partial charge in [-0.3, -0.25) is 4.79 Å². The molecule has 3 amide bonds. The van der Waals surface area contributed by atoms with Crippen LogP contribution in [0.5, 0.6) is 0 Å². The number of carbonyl (C=O) groups is 2. The summed E-state index contributed by atoms with van der Waals surface area (Å²) in [5, 5.41) is 14.0. The molecule has 0 saturated heterocycles. The van der Waals surface area contributed by atoms with E-state index in [9.17, 15) is 9.59 Å². The zero-order chi connectivity index (χ0) is 16.8. The first-order chi connectivity index (χ1) is 11.0. The van der Waals surface area contributed by atoms with Gasteiger partial charge in [-0.2, -0.15) is 0 Å². The number of nitrogens with one attached hydrogen (secondary N) is 2. The number of nitrogens with two attached hydrogens (primary N) is 2. The molecule has 0 spiro atoms. The summed E-state index contributed by atoms with van der Waals surface area (Å²) in [6.45, 7) is -0.101. The third kappa shape index (κ3) is 4.52. The summed E-state index contributed by atoms with van der Waals surface area (Å²) in [4.78, 5) is 24.6. The van der Waals surface area contributed by atoms with Crippen LogP contribution >= 0.6 is 11.3 Å². The molecule has 7 N–H and O–H groups in total. The van der Waals surface area contributed by atoms with Gasteiger partial charge in [0.25, 0.3) is 5.91 Å². The van der Waals surface area contributed by atoms with Crippen molar-refractivity contribution in [3.05, 3.63) is 41.3 Å². The molecule has 1 heterocycles. The van der Waals surface area contributed by atoms with Crippen LogP contribution in [0.15, 0.2) is 36.4 Å². The molecule has 0 aliphatic carbocycles. The number of hydrogen-bond acceptors (Lipinski definition) is 5.